The number of anilines is 1. The van der Waals surface area contributed by atoms with Gasteiger partial charge < -0.3 is 11.1 Å². The van der Waals surface area contributed by atoms with E-state index in [-0.39, 0.29) is 11.2 Å². The molecule has 0 saturated carbocycles. The molecule has 0 aliphatic carbocycles. The number of amides is 1. The lowest BCUT2D eigenvalue weighted by Gasteiger charge is -2.07. The van der Waals surface area contributed by atoms with E-state index >= 15 is 0 Å². The van der Waals surface area contributed by atoms with Crippen molar-refractivity contribution in [2.45, 2.75) is 23.4 Å². The van der Waals surface area contributed by atoms with Gasteiger partial charge in [0.15, 0.2) is 4.34 Å². The highest BCUT2D eigenvalue weighted by atomic mass is 32.2. The largest absolute Gasteiger partial charge is 0.374 e. The fourth-order valence-corrected chi connectivity index (χ4v) is 2.60. The van der Waals surface area contributed by atoms with Crippen LogP contribution in [0, 0.1) is 0 Å². The highest BCUT2D eigenvalue weighted by Gasteiger charge is 2.15. The number of carbonyl (C=O) groups is 1. The normalized spacial score (nSPS) is 12.4. The Labute approximate surface area is 90.5 Å². The van der Waals surface area contributed by atoms with Crippen molar-refractivity contribution in [3.8, 4) is 0 Å². The summed E-state index contributed by atoms with van der Waals surface area (Å²) in [5.74, 6) is 0.00581. The molecular formula is C7H12N4OS2. The van der Waals surface area contributed by atoms with Crippen molar-refractivity contribution in [2.75, 3.05) is 12.3 Å². The van der Waals surface area contributed by atoms with Crippen LogP contribution < -0.4 is 11.1 Å². The van der Waals surface area contributed by atoms with Gasteiger partial charge in [-0.05, 0) is 13.8 Å². The Kier molecular flexibility index (Phi) is 4.15. The molecule has 1 aromatic heterocycles. The molecule has 0 fully saturated rings. The fraction of sp³-hybridized carbons (Fsp3) is 0.571. The maximum absolute atomic E-state index is 11.3. The van der Waals surface area contributed by atoms with Crippen LogP contribution in [0.25, 0.3) is 0 Å². The maximum atomic E-state index is 11.3. The van der Waals surface area contributed by atoms with E-state index in [4.69, 9.17) is 5.73 Å². The number of hydrogen-bond donors (Lipinski definition) is 2. The van der Waals surface area contributed by atoms with Gasteiger partial charge in [0.2, 0.25) is 11.0 Å². The predicted octanol–water partition coefficient (Wildman–Crippen LogP) is 0.737. The van der Waals surface area contributed by atoms with Crippen LogP contribution in [0.3, 0.4) is 0 Å². The molecule has 0 aliphatic heterocycles. The number of carbonyl (C=O) groups excluding carboxylic acids is 1. The summed E-state index contributed by atoms with van der Waals surface area (Å²) < 4.78 is 0.723. The first-order valence-corrected chi connectivity index (χ1v) is 5.86. The number of nitrogens with one attached hydrogen (secondary N) is 1. The van der Waals surface area contributed by atoms with Crippen molar-refractivity contribution in [1.29, 1.82) is 0 Å². The monoisotopic (exact) mass is 232 g/mol. The van der Waals surface area contributed by atoms with Gasteiger partial charge in [0.1, 0.15) is 0 Å². The molecule has 1 rings (SSSR count). The number of hydrogen-bond acceptors (Lipinski definition) is 6. The summed E-state index contributed by atoms with van der Waals surface area (Å²) in [7, 11) is 0. The second kappa shape index (κ2) is 5.16. The van der Waals surface area contributed by atoms with E-state index in [0.29, 0.717) is 11.7 Å². The Morgan fingerprint density at radius 3 is 2.93 bits per heavy atom. The van der Waals surface area contributed by atoms with Gasteiger partial charge in [0.05, 0.1) is 5.25 Å². The molecule has 0 aliphatic rings. The number of aromatic nitrogens is 2. The summed E-state index contributed by atoms with van der Waals surface area (Å²) in [5.41, 5.74) is 5.42. The molecule has 7 heteroatoms. The third kappa shape index (κ3) is 3.15. The van der Waals surface area contributed by atoms with Crippen LogP contribution in [0.2, 0.25) is 0 Å². The van der Waals surface area contributed by atoms with E-state index in [9.17, 15) is 4.79 Å². The van der Waals surface area contributed by atoms with Crippen LogP contribution >= 0.6 is 23.1 Å². The summed E-state index contributed by atoms with van der Waals surface area (Å²) in [6.45, 7) is 4.35. The number of nitrogen functional groups attached to an aromatic ring is 1. The van der Waals surface area contributed by atoms with E-state index in [1.807, 2.05) is 13.8 Å². The molecule has 0 saturated heterocycles. The minimum absolute atomic E-state index is 0.00581. The molecule has 1 heterocycles. The Bertz CT molecular complexity index is 314. The second-order valence-electron chi connectivity index (χ2n) is 2.56. The topological polar surface area (TPSA) is 80.9 Å². The maximum Gasteiger partial charge on any atom is 0.233 e. The summed E-state index contributed by atoms with van der Waals surface area (Å²) in [4.78, 5) is 11.3. The summed E-state index contributed by atoms with van der Waals surface area (Å²) in [6.07, 6.45) is 0. The average Bonchev–Trinajstić information content (AvgIpc) is 2.51. The van der Waals surface area contributed by atoms with Crippen LogP contribution in [0.4, 0.5) is 5.13 Å². The van der Waals surface area contributed by atoms with Gasteiger partial charge in [-0.2, -0.15) is 0 Å². The van der Waals surface area contributed by atoms with Crippen LogP contribution in [0.5, 0.6) is 0 Å². The zero-order valence-electron chi connectivity index (χ0n) is 7.98. The number of thioether (sulfide) groups is 1. The second-order valence-corrected chi connectivity index (χ2v) is 5.16. The molecule has 78 valence electrons. The van der Waals surface area contributed by atoms with E-state index < -0.39 is 0 Å². The lowest BCUT2D eigenvalue weighted by molar-refractivity contribution is -0.120. The van der Waals surface area contributed by atoms with Gasteiger partial charge in [-0.1, -0.05) is 23.1 Å². The van der Waals surface area contributed by atoms with Crippen molar-refractivity contribution in [3.63, 3.8) is 0 Å². The molecule has 5 nitrogen and oxygen atoms in total. The minimum Gasteiger partial charge on any atom is -0.374 e. The molecule has 1 unspecified atom stereocenters. The molecule has 3 N–H and O–H groups in total. The van der Waals surface area contributed by atoms with E-state index in [1.54, 1.807) is 0 Å². The first-order chi connectivity index (χ1) is 6.63. The van der Waals surface area contributed by atoms with Crippen LogP contribution in [0.1, 0.15) is 13.8 Å². The Morgan fingerprint density at radius 2 is 2.43 bits per heavy atom. The number of nitrogens with zero attached hydrogens (tertiary/aromatic N) is 2. The summed E-state index contributed by atoms with van der Waals surface area (Å²) in [5, 5.41) is 10.5. The highest BCUT2D eigenvalue weighted by molar-refractivity contribution is 8.02. The third-order valence-corrected chi connectivity index (χ3v) is 3.36. The van der Waals surface area contributed by atoms with Crippen LogP contribution in [-0.4, -0.2) is 27.9 Å². The SMILES string of the molecule is CCNC(=O)C(C)Sc1nnc(N)s1. The van der Waals surface area contributed by atoms with E-state index in [0.717, 1.165) is 4.34 Å². The average molecular weight is 232 g/mol. The van der Waals surface area contributed by atoms with Gasteiger partial charge in [-0.3, -0.25) is 4.79 Å². The molecule has 1 amide bonds. The zero-order valence-corrected chi connectivity index (χ0v) is 9.61. The van der Waals surface area contributed by atoms with Gasteiger partial charge >= 0.3 is 0 Å². The molecule has 0 bridgehead atoms. The van der Waals surface area contributed by atoms with E-state index in [2.05, 4.69) is 15.5 Å². The lowest BCUT2D eigenvalue weighted by atomic mass is 10.4. The number of nitrogens with two attached hydrogens (primary N) is 1. The van der Waals surface area contributed by atoms with Crippen LogP contribution in [0.15, 0.2) is 4.34 Å². The third-order valence-electron chi connectivity index (χ3n) is 1.42. The summed E-state index contributed by atoms with van der Waals surface area (Å²) in [6, 6.07) is 0. The minimum atomic E-state index is -0.165. The molecule has 0 aromatic carbocycles. The fourth-order valence-electron chi connectivity index (χ4n) is 0.791. The van der Waals surface area contributed by atoms with E-state index in [1.165, 1.54) is 23.1 Å². The molecule has 1 aromatic rings. The zero-order chi connectivity index (χ0) is 10.6. The van der Waals surface area contributed by atoms with Gasteiger partial charge in [0, 0.05) is 6.54 Å². The quantitative estimate of drug-likeness (QED) is 0.748. The van der Waals surface area contributed by atoms with Crippen molar-refractivity contribution in [2.24, 2.45) is 0 Å². The van der Waals surface area contributed by atoms with Gasteiger partial charge in [0.25, 0.3) is 0 Å². The highest BCUT2D eigenvalue weighted by Crippen LogP contribution is 2.27. The van der Waals surface area contributed by atoms with Crippen molar-refractivity contribution < 1.29 is 4.79 Å². The smallest absolute Gasteiger partial charge is 0.233 e. The Balaban J connectivity index is 2.48. The molecule has 0 spiro atoms. The number of rotatable bonds is 4. The Hall–Kier alpha value is -0.820. The molecule has 1 atom stereocenters. The first kappa shape index (κ1) is 11.3. The molecule has 0 radical (unpaired) electrons. The molecular weight excluding hydrogens is 220 g/mol. The molecule has 14 heavy (non-hydrogen) atoms. The van der Waals surface area contributed by atoms with Gasteiger partial charge in [-0.15, -0.1) is 10.2 Å². The van der Waals surface area contributed by atoms with Crippen LogP contribution in [-0.2, 0) is 4.79 Å². The first-order valence-electron chi connectivity index (χ1n) is 4.16. The predicted molar refractivity (Wildman–Crippen MR) is 58.3 cm³/mol. The lowest BCUT2D eigenvalue weighted by Crippen LogP contribution is -2.30. The van der Waals surface area contributed by atoms with Gasteiger partial charge in [-0.25, -0.2) is 0 Å². The Morgan fingerprint density at radius 1 is 1.71 bits per heavy atom. The van der Waals surface area contributed by atoms with Crippen molar-refractivity contribution in [3.05, 3.63) is 0 Å². The standard InChI is InChI=1S/C7H12N4OS2/c1-3-9-5(12)4(2)13-7-11-10-6(8)14-7/h4H,3H2,1-2H3,(H2,8,10)(H,9,12). The summed E-state index contributed by atoms with van der Waals surface area (Å²) >= 11 is 2.66. The van der Waals surface area contributed by atoms with Crippen molar-refractivity contribution >= 4 is 34.1 Å². The van der Waals surface area contributed by atoms with Crippen molar-refractivity contribution in [1.82, 2.24) is 15.5 Å².